The quantitative estimate of drug-likeness (QED) is 0.785. The summed E-state index contributed by atoms with van der Waals surface area (Å²) in [6, 6.07) is 11.8. The van der Waals surface area contributed by atoms with E-state index in [2.05, 4.69) is 33.4 Å². The normalized spacial score (nSPS) is 13.9. The molecule has 5 heteroatoms. The van der Waals surface area contributed by atoms with Gasteiger partial charge in [0.05, 0.1) is 17.6 Å². The lowest BCUT2D eigenvalue weighted by Gasteiger charge is -2.16. The highest BCUT2D eigenvalue weighted by atomic mass is 79.9. The summed E-state index contributed by atoms with van der Waals surface area (Å²) in [5, 5.41) is 2.96. The van der Waals surface area contributed by atoms with Crippen molar-refractivity contribution in [1.82, 2.24) is 5.32 Å². The van der Waals surface area contributed by atoms with Crippen LogP contribution in [0.4, 0.5) is 0 Å². The first kappa shape index (κ1) is 17.8. The molecule has 0 bridgehead atoms. The summed E-state index contributed by atoms with van der Waals surface area (Å²) in [7, 11) is 1.63. The fourth-order valence-corrected chi connectivity index (χ4v) is 3.66. The molecule has 0 heterocycles. The third-order valence-corrected chi connectivity index (χ3v) is 5.11. The van der Waals surface area contributed by atoms with Crippen molar-refractivity contribution in [2.75, 3.05) is 13.7 Å². The summed E-state index contributed by atoms with van der Waals surface area (Å²) >= 11 is 3.47. The van der Waals surface area contributed by atoms with Crippen LogP contribution in [0.15, 0.2) is 40.9 Å². The fraction of sp³-hybridized carbons (Fsp3) is 0.350. The Bertz CT molecular complexity index is 776. The molecule has 0 spiro atoms. The van der Waals surface area contributed by atoms with E-state index in [4.69, 9.17) is 9.47 Å². The summed E-state index contributed by atoms with van der Waals surface area (Å²) in [5.74, 6) is 1.39. The predicted octanol–water partition coefficient (Wildman–Crippen LogP) is 4.20. The van der Waals surface area contributed by atoms with Crippen LogP contribution in [0, 0.1) is 0 Å². The summed E-state index contributed by atoms with van der Waals surface area (Å²) in [5.41, 5.74) is 3.74. The number of benzene rings is 2. The average molecular weight is 404 g/mol. The minimum atomic E-state index is -0.139. The molecule has 0 saturated heterocycles. The van der Waals surface area contributed by atoms with Crippen LogP contribution in [0.25, 0.3) is 0 Å². The highest BCUT2D eigenvalue weighted by molar-refractivity contribution is 9.10. The monoisotopic (exact) mass is 403 g/mol. The Labute approximate surface area is 156 Å². The van der Waals surface area contributed by atoms with Crippen molar-refractivity contribution < 1.29 is 14.3 Å². The number of halogens is 1. The van der Waals surface area contributed by atoms with E-state index >= 15 is 0 Å². The van der Waals surface area contributed by atoms with Crippen molar-refractivity contribution in [1.29, 1.82) is 0 Å². The van der Waals surface area contributed by atoms with Gasteiger partial charge in [0.25, 0.3) is 5.91 Å². The van der Waals surface area contributed by atoms with E-state index < -0.39 is 0 Å². The Balaban J connectivity index is 1.54. The molecule has 1 aliphatic carbocycles. The number of carbonyl (C=O) groups excluding carboxylic acids is 1. The van der Waals surface area contributed by atoms with Gasteiger partial charge >= 0.3 is 0 Å². The number of fused-ring (bicyclic) bond motifs is 1. The SMILES string of the molecule is COc1ccc([C@H](C)NC(=O)COc2ccc3c(c2)CCC3)cc1Br. The molecule has 1 N–H and O–H groups in total. The van der Waals surface area contributed by atoms with E-state index in [9.17, 15) is 4.79 Å². The number of nitrogens with one attached hydrogen (secondary N) is 1. The molecule has 0 radical (unpaired) electrons. The van der Waals surface area contributed by atoms with Gasteiger partial charge in [-0.2, -0.15) is 0 Å². The Hall–Kier alpha value is -2.01. The van der Waals surface area contributed by atoms with Gasteiger partial charge < -0.3 is 14.8 Å². The topological polar surface area (TPSA) is 47.6 Å². The van der Waals surface area contributed by atoms with Crippen LogP contribution in [-0.2, 0) is 17.6 Å². The van der Waals surface area contributed by atoms with Crippen molar-refractivity contribution >= 4 is 21.8 Å². The first-order valence-corrected chi connectivity index (χ1v) is 9.23. The molecule has 0 saturated carbocycles. The molecule has 2 aromatic carbocycles. The van der Waals surface area contributed by atoms with E-state index in [0.717, 1.165) is 34.4 Å². The van der Waals surface area contributed by atoms with Gasteiger partial charge in [-0.05, 0) is 83.1 Å². The minimum absolute atomic E-state index is 0.0143. The lowest BCUT2D eigenvalue weighted by Crippen LogP contribution is -2.31. The van der Waals surface area contributed by atoms with Crippen molar-refractivity contribution in [3.05, 3.63) is 57.6 Å². The van der Waals surface area contributed by atoms with Gasteiger partial charge in [0.15, 0.2) is 6.61 Å². The molecule has 132 valence electrons. The predicted molar refractivity (Wildman–Crippen MR) is 101 cm³/mol. The highest BCUT2D eigenvalue weighted by Gasteiger charge is 2.14. The molecule has 1 atom stereocenters. The molecule has 4 nitrogen and oxygen atoms in total. The summed E-state index contributed by atoms with van der Waals surface area (Å²) < 4.78 is 11.7. The number of hydrogen-bond donors (Lipinski definition) is 1. The molecule has 0 unspecified atom stereocenters. The van der Waals surface area contributed by atoms with Gasteiger partial charge in [-0.15, -0.1) is 0 Å². The third kappa shape index (κ3) is 4.34. The fourth-order valence-electron chi connectivity index (χ4n) is 3.11. The average Bonchev–Trinajstić information content (AvgIpc) is 3.07. The van der Waals surface area contributed by atoms with Gasteiger partial charge in [-0.3, -0.25) is 4.79 Å². The lowest BCUT2D eigenvalue weighted by atomic mass is 10.1. The largest absolute Gasteiger partial charge is 0.496 e. The minimum Gasteiger partial charge on any atom is -0.496 e. The zero-order valence-electron chi connectivity index (χ0n) is 14.5. The number of amides is 1. The zero-order valence-corrected chi connectivity index (χ0v) is 16.1. The van der Waals surface area contributed by atoms with E-state index in [0.29, 0.717) is 0 Å². The number of ether oxygens (including phenoxy) is 2. The van der Waals surface area contributed by atoms with E-state index in [1.165, 1.54) is 17.5 Å². The third-order valence-electron chi connectivity index (χ3n) is 4.49. The second kappa shape index (κ2) is 7.91. The molecular weight excluding hydrogens is 382 g/mol. The van der Waals surface area contributed by atoms with E-state index in [1.54, 1.807) is 7.11 Å². The van der Waals surface area contributed by atoms with Gasteiger partial charge in [0, 0.05) is 0 Å². The van der Waals surface area contributed by atoms with Crippen LogP contribution in [0.2, 0.25) is 0 Å². The Morgan fingerprint density at radius 1 is 1.20 bits per heavy atom. The lowest BCUT2D eigenvalue weighted by molar-refractivity contribution is -0.123. The van der Waals surface area contributed by atoms with Crippen LogP contribution in [0.1, 0.15) is 36.1 Å². The molecular formula is C20H22BrNO3. The van der Waals surface area contributed by atoms with Crippen LogP contribution < -0.4 is 14.8 Å². The number of rotatable bonds is 6. The summed E-state index contributed by atoms with van der Waals surface area (Å²) in [4.78, 5) is 12.2. The molecule has 0 fully saturated rings. The van der Waals surface area contributed by atoms with E-state index in [-0.39, 0.29) is 18.6 Å². The van der Waals surface area contributed by atoms with Gasteiger partial charge in [-0.25, -0.2) is 0 Å². The molecule has 1 aliphatic rings. The maximum Gasteiger partial charge on any atom is 0.258 e. The van der Waals surface area contributed by atoms with Crippen LogP contribution in [-0.4, -0.2) is 19.6 Å². The Morgan fingerprint density at radius 2 is 2.00 bits per heavy atom. The molecule has 2 aromatic rings. The number of hydrogen-bond acceptors (Lipinski definition) is 3. The van der Waals surface area contributed by atoms with E-state index in [1.807, 2.05) is 31.2 Å². The first-order valence-electron chi connectivity index (χ1n) is 8.44. The number of aryl methyl sites for hydroxylation is 2. The summed E-state index contributed by atoms with van der Waals surface area (Å²) in [6.45, 7) is 1.96. The smallest absolute Gasteiger partial charge is 0.258 e. The van der Waals surface area contributed by atoms with Crippen molar-refractivity contribution in [3.8, 4) is 11.5 Å². The van der Waals surface area contributed by atoms with Gasteiger partial charge in [-0.1, -0.05) is 12.1 Å². The molecule has 3 rings (SSSR count). The molecule has 0 aromatic heterocycles. The van der Waals surface area contributed by atoms with Crippen LogP contribution in [0.3, 0.4) is 0 Å². The zero-order chi connectivity index (χ0) is 17.8. The Morgan fingerprint density at radius 3 is 2.76 bits per heavy atom. The van der Waals surface area contributed by atoms with Gasteiger partial charge in [0.2, 0.25) is 0 Å². The van der Waals surface area contributed by atoms with Crippen LogP contribution >= 0.6 is 15.9 Å². The maximum atomic E-state index is 12.2. The van der Waals surface area contributed by atoms with Crippen molar-refractivity contribution in [2.45, 2.75) is 32.2 Å². The molecule has 0 aliphatic heterocycles. The number of carbonyl (C=O) groups is 1. The second-order valence-corrected chi connectivity index (χ2v) is 7.11. The molecule has 1 amide bonds. The Kier molecular flexibility index (Phi) is 5.63. The standard InChI is InChI=1S/C20H22BrNO3/c1-13(15-7-9-19(24-2)18(21)11-15)22-20(23)12-25-17-8-6-14-4-3-5-16(14)10-17/h6-11,13H,3-5,12H2,1-2H3,(H,22,23)/t13-/m0/s1. The highest BCUT2D eigenvalue weighted by Crippen LogP contribution is 2.28. The first-order chi connectivity index (χ1) is 12.1. The van der Waals surface area contributed by atoms with Gasteiger partial charge in [0.1, 0.15) is 11.5 Å². The van der Waals surface area contributed by atoms with Crippen molar-refractivity contribution in [2.24, 2.45) is 0 Å². The maximum absolute atomic E-state index is 12.2. The van der Waals surface area contributed by atoms with Crippen molar-refractivity contribution in [3.63, 3.8) is 0 Å². The van der Waals surface area contributed by atoms with Crippen LogP contribution in [0.5, 0.6) is 11.5 Å². The summed E-state index contributed by atoms with van der Waals surface area (Å²) in [6.07, 6.45) is 3.45. The number of methoxy groups -OCH3 is 1. The molecule has 25 heavy (non-hydrogen) atoms. The second-order valence-electron chi connectivity index (χ2n) is 6.26.